The highest BCUT2D eigenvalue weighted by Gasteiger charge is 2.30. The lowest BCUT2D eigenvalue weighted by Crippen LogP contribution is -2.39. The Balaban J connectivity index is 0. The van der Waals surface area contributed by atoms with Gasteiger partial charge in [0.05, 0.1) is 18.3 Å². The van der Waals surface area contributed by atoms with Crippen molar-refractivity contribution < 1.29 is 9.84 Å². The second-order valence-electron chi connectivity index (χ2n) is 10.9. The first kappa shape index (κ1) is 40.8. The third kappa shape index (κ3) is 21.1. The van der Waals surface area contributed by atoms with Crippen molar-refractivity contribution in [3.05, 3.63) is 78.2 Å². The van der Waals surface area contributed by atoms with Gasteiger partial charge in [0, 0.05) is 18.7 Å². The quantitative estimate of drug-likeness (QED) is 0.276. The Bertz CT molecular complexity index is 835. The van der Waals surface area contributed by atoms with Gasteiger partial charge >= 0.3 is 0 Å². The molecular weight excluding hydrogens is 504 g/mol. The van der Waals surface area contributed by atoms with Crippen LogP contribution in [-0.4, -0.2) is 30.0 Å². The average Bonchev–Trinajstić information content (AvgIpc) is 2.95. The summed E-state index contributed by atoms with van der Waals surface area (Å²) >= 11 is 0. The summed E-state index contributed by atoms with van der Waals surface area (Å²) in [7, 11) is 0. The Labute approximate surface area is 255 Å². The fraction of sp³-hybridized carbons (Fsp3) is 0.622. The van der Waals surface area contributed by atoms with Crippen molar-refractivity contribution in [1.82, 2.24) is 5.32 Å². The van der Waals surface area contributed by atoms with Crippen LogP contribution in [0.1, 0.15) is 125 Å². The van der Waals surface area contributed by atoms with Crippen LogP contribution in [0.5, 0.6) is 0 Å². The molecule has 4 N–H and O–H groups in total. The lowest BCUT2D eigenvalue weighted by Gasteiger charge is -2.36. The molecule has 0 spiro atoms. The van der Waals surface area contributed by atoms with E-state index in [4.69, 9.17) is 10.5 Å². The molecule has 0 bridgehead atoms. The number of benzene rings is 1. The lowest BCUT2D eigenvalue weighted by molar-refractivity contribution is -0.116. The van der Waals surface area contributed by atoms with Gasteiger partial charge in [0.1, 0.15) is 0 Å². The predicted molar refractivity (Wildman–Crippen MR) is 184 cm³/mol. The van der Waals surface area contributed by atoms with Crippen LogP contribution in [0.2, 0.25) is 0 Å². The Hall–Kier alpha value is -2.30. The van der Waals surface area contributed by atoms with Crippen LogP contribution < -0.4 is 11.1 Å². The molecule has 236 valence electrons. The van der Waals surface area contributed by atoms with E-state index in [-0.39, 0.29) is 18.3 Å². The molecule has 0 amide bonds. The molecule has 1 fully saturated rings. The number of nitrogens with two attached hydrogens (primary N) is 1. The Morgan fingerprint density at radius 2 is 1.59 bits per heavy atom. The maximum Gasteiger partial charge on any atom is 0.0629 e. The third-order valence-corrected chi connectivity index (χ3v) is 6.17. The molecule has 4 nitrogen and oxygen atoms in total. The first-order valence-electron chi connectivity index (χ1n) is 16.2. The van der Waals surface area contributed by atoms with Gasteiger partial charge in [-0.15, -0.1) is 0 Å². The standard InChI is InChI=1S/C26H37NO2.C3H7N.2C3H8.C2H6/c1-4-25-17-24(28)18-26(29-25)19(2)14-15-27-20(3)16-21-10-12-23(13-11-21)22-8-6-5-7-9-22;1-3(2)4;2*1-3-2;1-2/h6,8-13,19,24-28H,3-5,7,14-18H2,1-2H3;1,4H2,2H3;2*3H2,1-2H3;1-2H3. The van der Waals surface area contributed by atoms with Crippen molar-refractivity contribution in [2.24, 2.45) is 11.7 Å². The van der Waals surface area contributed by atoms with Crippen molar-refractivity contribution in [2.75, 3.05) is 6.54 Å². The van der Waals surface area contributed by atoms with Gasteiger partial charge in [-0.25, -0.2) is 0 Å². The van der Waals surface area contributed by atoms with Crippen LogP contribution in [0.25, 0.3) is 5.57 Å². The molecule has 1 saturated heterocycles. The topological polar surface area (TPSA) is 67.5 Å². The van der Waals surface area contributed by atoms with Gasteiger partial charge < -0.3 is 20.9 Å². The number of ether oxygens (including phenoxy) is 1. The second kappa shape index (κ2) is 26.6. The molecule has 1 aliphatic carbocycles. The first-order chi connectivity index (χ1) is 19.6. The Morgan fingerprint density at radius 1 is 1.02 bits per heavy atom. The van der Waals surface area contributed by atoms with Gasteiger partial charge in [-0.3, -0.25) is 0 Å². The Morgan fingerprint density at radius 3 is 2.07 bits per heavy atom. The van der Waals surface area contributed by atoms with E-state index >= 15 is 0 Å². The van der Waals surface area contributed by atoms with Crippen molar-refractivity contribution >= 4 is 5.57 Å². The fourth-order valence-electron chi connectivity index (χ4n) is 4.27. The number of rotatable bonds is 9. The molecular formula is C37H66N2O2. The second-order valence-corrected chi connectivity index (χ2v) is 10.9. The van der Waals surface area contributed by atoms with Crippen LogP contribution in [0, 0.1) is 5.92 Å². The third-order valence-electron chi connectivity index (χ3n) is 6.17. The minimum Gasteiger partial charge on any atom is -0.403 e. The van der Waals surface area contributed by atoms with E-state index in [2.05, 4.69) is 103 Å². The summed E-state index contributed by atoms with van der Waals surface area (Å²) < 4.78 is 6.16. The van der Waals surface area contributed by atoms with Crippen molar-refractivity contribution in [3.63, 3.8) is 0 Å². The zero-order valence-electron chi connectivity index (χ0n) is 28.3. The highest BCUT2D eigenvalue weighted by atomic mass is 16.5. The molecule has 0 aromatic heterocycles. The van der Waals surface area contributed by atoms with E-state index in [0.29, 0.717) is 11.6 Å². The highest BCUT2D eigenvalue weighted by molar-refractivity contribution is 5.74. The van der Waals surface area contributed by atoms with Crippen molar-refractivity contribution in [3.8, 4) is 0 Å². The average molecular weight is 571 g/mol. The van der Waals surface area contributed by atoms with Gasteiger partial charge in [0.25, 0.3) is 0 Å². The van der Waals surface area contributed by atoms with E-state index in [1.165, 1.54) is 29.5 Å². The summed E-state index contributed by atoms with van der Waals surface area (Å²) in [6.07, 6.45) is 16.1. The largest absolute Gasteiger partial charge is 0.403 e. The van der Waals surface area contributed by atoms with Gasteiger partial charge in [-0.2, -0.15) is 0 Å². The molecule has 4 atom stereocenters. The van der Waals surface area contributed by atoms with Gasteiger partial charge in [0.2, 0.25) is 0 Å². The van der Waals surface area contributed by atoms with Crippen molar-refractivity contribution in [2.45, 2.75) is 138 Å². The molecule has 1 heterocycles. The molecule has 0 saturated carbocycles. The molecule has 1 aliphatic heterocycles. The first-order valence-corrected chi connectivity index (χ1v) is 16.2. The summed E-state index contributed by atoms with van der Waals surface area (Å²) in [5.74, 6) is 0.426. The minimum absolute atomic E-state index is 0.162. The number of aliphatic hydroxyl groups is 1. The molecule has 0 radical (unpaired) electrons. The van der Waals surface area contributed by atoms with E-state index < -0.39 is 0 Å². The molecule has 41 heavy (non-hydrogen) atoms. The highest BCUT2D eigenvalue weighted by Crippen LogP contribution is 2.27. The summed E-state index contributed by atoms with van der Waals surface area (Å²) in [6.45, 7) is 27.0. The number of allylic oxidation sites excluding steroid dienone is 6. The minimum atomic E-state index is -0.216. The van der Waals surface area contributed by atoms with Crippen LogP contribution >= 0.6 is 0 Å². The summed E-state index contributed by atoms with van der Waals surface area (Å²) in [4.78, 5) is 0. The number of hydrogen-bond acceptors (Lipinski definition) is 4. The maximum atomic E-state index is 10.1. The molecule has 4 heteroatoms. The number of aliphatic hydroxyl groups excluding tert-OH is 1. The van der Waals surface area contributed by atoms with Crippen LogP contribution in [-0.2, 0) is 11.2 Å². The molecule has 2 aliphatic rings. The summed E-state index contributed by atoms with van der Waals surface area (Å²) in [5.41, 5.74) is 10.5. The normalized spacial score (nSPS) is 19.6. The zero-order valence-corrected chi connectivity index (χ0v) is 28.3. The fourth-order valence-corrected chi connectivity index (χ4v) is 4.27. The maximum absolute atomic E-state index is 10.1. The zero-order chi connectivity index (χ0) is 31.6. The van der Waals surface area contributed by atoms with E-state index in [1.807, 2.05) is 13.8 Å². The molecule has 4 unspecified atom stereocenters. The van der Waals surface area contributed by atoms with Crippen molar-refractivity contribution in [1.29, 1.82) is 0 Å². The smallest absolute Gasteiger partial charge is 0.0629 e. The summed E-state index contributed by atoms with van der Waals surface area (Å²) in [5, 5.41) is 13.6. The van der Waals surface area contributed by atoms with E-state index in [1.54, 1.807) is 6.92 Å². The number of hydrogen-bond donors (Lipinski definition) is 3. The molecule has 1 aromatic carbocycles. The van der Waals surface area contributed by atoms with E-state index in [0.717, 1.165) is 57.2 Å². The Kier molecular flexibility index (Phi) is 26.5. The van der Waals surface area contributed by atoms with E-state index in [9.17, 15) is 5.11 Å². The van der Waals surface area contributed by atoms with Crippen LogP contribution in [0.15, 0.2) is 67.0 Å². The predicted octanol–water partition coefficient (Wildman–Crippen LogP) is 9.75. The monoisotopic (exact) mass is 571 g/mol. The SMILES string of the molecule is C=C(C)N.C=C(Cc1ccc(C2=CCCC=C2)cc1)NCCC(C)C1CC(O)CC(CC)O1.CC.CCC.CCC. The van der Waals surface area contributed by atoms with Crippen LogP contribution in [0.4, 0.5) is 0 Å². The van der Waals surface area contributed by atoms with Crippen LogP contribution in [0.3, 0.4) is 0 Å². The lowest BCUT2D eigenvalue weighted by atomic mass is 9.90. The van der Waals surface area contributed by atoms with Gasteiger partial charge in [0.15, 0.2) is 0 Å². The number of nitrogens with one attached hydrogen (secondary N) is 1. The van der Waals surface area contributed by atoms with Gasteiger partial charge in [-0.05, 0) is 73.8 Å². The molecule has 1 aromatic rings. The summed E-state index contributed by atoms with van der Waals surface area (Å²) in [6, 6.07) is 8.83. The van der Waals surface area contributed by atoms with Gasteiger partial charge in [-0.1, -0.05) is 124 Å². The molecule has 3 rings (SSSR count).